The average Bonchev–Trinajstić information content (AvgIpc) is 3.18. The van der Waals surface area contributed by atoms with Crippen LogP contribution in [0.1, 0.15) is 18.4 Å². The van der Waals surface area contributed by atoms with Crippen LogP contribution in [0.25, 0.3) is 0 Å². The van der Waals surface area contributed by atoms with Crippen LogP contribution < -0.4 is 9.47 Å². The van der Waals surface area contributed by atoms with Crippen LogP contribution >= 0.6 is 0 Å². The second-order valence-corrected chi connectivity index (χ2v) is 5.56. The summed E-state index contributed by atoms with van der Waals surface area (Å²) in [6.07, 6.45) is 3.67. The highest BCUT2D eigenvalue weighted by molar-refractivity contribution is 5.49. The Morgan fingerprint density at radius 1 is 1.35 bits per heavy atom. The van der Waals surface area contributed by atoms with Crippen molar-refractivity contribution in [3.05, 3.63) is 23.8 Å². The van der Waals surface area contributed by atoms with Crippen LogP contribution in [0.3, 0.4) is 0 Å². The molecule has 2 fully saturated rings. The van der Waals surface area contributed by atoms with E-state index in [1.54, 1.807) is 13.2 Å². The molecule has 0 amide bonds. The minimum Gasteiger partial charge on any atom is -0.493 e. The van der Waals surface area contributed by atoms with Crippen molar-refractivity contribution in [2.24, 2.45) is 4.99 Å². The molecule has 20 heavy (non-hydrogen) atoms. The fourth-order valence-corrected chi connectivity index (χ4v) is 2.62. The van der Waals surface area contributed by atoms with E-state index in [9.17, 15) is 4.79 Å². The lowest BCUT2D eigenvalue weighted by Crippen LogP contribution is -2.51. The van der Waals surface area contributed by atoms with Gasteiger partial charge in [-0.1, -0.05) is 6.07 Å². The average molecular weight is 274 g/mol. The van der Waals surface area contributed by atoms with Crippen molar-refractivity contribution in [1.82, 2.24) is 4.90 Å². The number of hydrogen-bond donors (Lipinski definition) is 0. The number of carbonyl (C=O) groups excluding carboxylic acids is 1. The third kappa shape index (κ3) is 2.30. The molecule has 0 unspecified atom stereocenters. The largest absolute Gasteiger partial charge is 0.493 e. The first kappa shape index (κ1) is 13.2. The molecule has 0 spiro atoms. The number of benzene rings is 1. The molecule has 0 atom stereocenters. The van der Waals surface area contributed by atoms with Gasteiger partial charge in [-0.25, -0.2) is 4.79 Å². The van der Waals surface area contributed by atoms with Gasteiger partial charge >= 0.3 is 0 Å². The molecule has 0 radical (unpaired) electrons. The third-order valence-electron chi connectivity index (χ3n) is 4.01. The lowest BCUT2D eigenvalue weighted by Gasteiger charge is -2.36. The Hall–Kier alpha value is -1.84. The summed E-state index contributed by atoms with van der Waals surface area (Å²) < 4.78 is 11.3. The monoisotopic (exact) mass is 274 g/mol. The molecule has 1 aromatic rings. The van der Waals surface area contributed by atoms with Crippen molar-refractivity contribution < 1.29 is 14.3 Å². The zero-order valence-corrected chi connectivity index (χ0v) is 11.8. The molecule has 5 nitrogen and oxygen atoms in total. The first-order chi connectivity index (χ1) is 9.66. The summed E-state index contributed by atoms with van der Waals surface area (Å²) >= 11 is 0. The summed E-state index contributed by atoms with van der Waals surface area (Å²) in [7, 11) is 3.69. The number of likely N-dealkylation sites (N-methyl/N-ethyl adjacent to an activating group) is 1. The van der Waals surface area contributed by atoms with Crippen LogP contribution in [0.2, 0.25) is 0 Å². The Morgan fingerprint density at radius 2 is 2.10 bits per heavy atom. The number of hydrogen-bond acceptors (Lipinski definition) is 5. The Kier molecular flexibility index (Phi) is 3.24. The smallest absolute Gasteiger partial charge is 0.235 e. The van der Waals surface area contributed by atoms with Gasteiger partial charge in [0.05, 0.1) is 12.6 Å². The van der Waals surface area contributed by atoms with E-state index in [1.165, 1.54) is 0 Å². The maximum atomic E-state index is 10.5. The molecule has 0 aromatic heterocycles. The van der Waals surface area contributed by atoms with Gasteiger partial charge in [0, 0.05) is 13.1 Å². The van der Waals surface area contributed by atoms with Crippen molar-refractivity contribution in [3.63, 3.8) is 0 Å². The second-order valence-electron chi connectivity index (χ2n) is 5.56. The lowest BCUT2D eigenvalue weighted by atomic mass is 10.0. The molecule has 1 saturated heterocycles. The van der Waals surface area contributed by atoms with Crippen LogP contribution in [0, 0.1) is 0 Å². The minimum atomic E-state index is -0.371. The van der Waals surface area contributed by atoms with Gasteiger partial charge in [0.1, 0.15) is 6.10 Å². The first-order valence-corrected chi connectivity index (χ1v) is 6.79. The fourth-order valence-electron chi connectivity index (χ4n) is 2.62. The van der Waals surface area contributed by atoms with Gasteiger partial charge in [-0.15, -0.1) is 0 Å². The van der Waals surface area contributed by atoms with Gasteiger partial charge in [-0.3, -0.25) is 4.90 Å². The Balaban J connectivity index is 1.81. The van der Waals surface area contributed by atoms with E-state index >= 15 is 0 Å². The summed E-state index contributed by atoms with van der Waals surface area (Å²) in [4.78, 5) is 16.7. The quantitative estimate of drug-likeness (QED) is 0.606. The van der Waals surface area contributed by atoms with Gasteiger partial charge in [0.25, 0.3) is 0 Å². The standard InChI is InChI=1S/C15H18N2O3/c1-17-8-12(9-17)20-13-4-3-11(7-14(13)19-2)15(5-6-15)16-10-18/h3-4,7,12H,5-6,8-9H2,1-2H3. The van der Waals surface area contributed by atoms with Crippen molar-refractivity contribution in [2.75, 3.05) is 27.2 Å². The third-order valence-corrected chi connectivity index (χ3v) is 4.01. The molecule has 0 bridgehead atoms. The Morgan fingerprint density at radius 3 is 2.65 bits per heavy atom. The normalized spacial score (nSPS) is 20.7. The molecule has 1 aromatic carbocycles. The molecule has 3 rings (SSSR count). The Bertz CT molecular complexity index is 556. The summed E-state index contributed by atoms with van der Waals surface area (Å²) in [6, 6.07) is 5.80. The van der Waals surface area contributed by atoms with Crippen LogP contribution in [0.4, 0.5) is 0 Å². The second kappa shape index (κ2) is 4.93. The van der Waals surface area contributed by atoms with Gasteiger partial charge in [-0.2, -0.15) is 4.99 Å². The molecule has 2 aliphatic rings. The highest BCUT2D eigenvalue weighted by atomic mass is 16.5. The van der Waals surface area contributed by atoms with Crippen molar-refractivity contribution >= 4 is 6.08 Å². The van der Waals surface area contributed by atoms with E-state index in [-0.39, 0.29) is 11.6 Å². The van der Waals surface area contributed by atoms with Crippen LogP contribution in [0.5, 0.6) is 11.5 Å². The highest BCUT2D eigenvalue weighted by Gasteiger charge is 2.45. The van der Waals surface area contributed by atoms with Crippen LogP contribution in [-0.4, -0.2) is 44.3 Å². The highest BCUT2D eigenvalue weighted by Crippen LogP contribution is 2.50. The number of methoxy groups -OCH3 is 1. The van der Waals surface area contributed by atoms with E-state index in [0.29, 0.717) is 5.75 Å². The summed E-state index contributed by atoms with van der Waals surface area (Å²) in [5.41, 5.74) is 0.625. The predicted octanol–water partition coefficient (Wildman–Crippen LogP) is 1.71. The lowest BCUT2D eigenvalue weighted by molar-refractivity contribution is 0.0369. The topological polar surface area (TPSA) is 51.1 Å². The number of rotatable bonds is 5. The molecule has 1 heterocycles. The zero-order valence-electron chi connectivity index (χ0n) is 11.8. The van der Waals surface area contributed by atoms with E-state index in [4.69, 9.17) is 9.47 Å². The number of nitrogens with zero attached hydrogens (tertiary/aromatic N) is 2. The number of isocyanates is 1. The Labute approximate surface area is 118 Å². The van der Waals surface area contributed by atoms with Crippen LogP contribution in [0.15, 0.2) is 23.2 Å². The molecular weight excluding hydrogens is 256 g/mol. The van der Waals surface area contributed by atoms with E-state index < -0.39 is 0 Å². The zero-order chi connectivity index (χ0) is 14.2. The minimum absolute atomic E-state index is 0.225. The molecule has 106 valence electrons. The van der Waals surface area contributed by atoms with Gasteiger partial charge < -0.3 is 9.47 Å². The van der Waals surface area contributed by atoms with E-state index in [1.807, 2.05) is 18.2 Å². The SMILES string of the molecule is COc1cc(C2(N=C=O)CC2)ccc1OC1CN(C)C1. The van der Waals surface area contributed by atoms with Crippen molar-refractivity contribution in [2.45, 2.75) is 24.5 Å². The fraction of sp³-hybridized carbons (Fsp3) is 0.533. The maximum absolute atomic E-state index is 10.5. The first-order valence-electron chi connectivity index (χ1n) is 6.79. The van der Waals surface area contributed by atoms with Gasteiger partial charge in [-0.05, 0) is 37.6 Å². The maximum Gasteiger partial charge on any atom is 0.235 e. The van der Waals surface area contributed by atoms with Crippen molar-refractivity contribution in [1.29, 1.82) is 0 Å². The summed E-state index contributed by atoms with van der Waals surface area (Å²) in [5.74, 6) is 1.45. The molecule has 1 aliphatic heterocycles. The van der Waals surface area contributed by atoms with Gasteiger partial charge in [0.2, 0.25) is 6.08 Å². The summed E-state index contributed by atoms with van der Waals surface area (Å²) in [5, 5.41) is 0. The molecule has 1 saturated carbocycles. The van der Waals surface area contributed by atoms with Crippen molar-refractivity contribution in [3.8, 4) is 11.5 Å². The molecule has 0 N–H and O–H groups in total. The molecular formula is C15H18N2O3. The number of aliphatic imine (C=N–C) groups is 1. The van der Waals surface area contributed by atoms with E-state index in [0.717, 1.165) is 37.2 Å². The number of likely N-dealkylation sites (tertiary alicyclic amines) is 1. The predicted molar refractivity (Wildman–Crippen MR) is 73.9 cm³/mol. The van der Waals surface area contributed by atoms with Gasteiger partial charge in [0.15, 0.2) is 11.5 Å². The molecule has 5 heteroatoms. The number of ether oxygens (including phenoxy) is 2. The van der Waals surface area contributed by atoms with Crippen LogP contribution in [-0.2, 0) is 10.3 Å². The summed E-state index contributed by atoms with van der Waals surface area (Å²) in [6.45, 7) is 1.87. The molecule has 1 aliphatic carbocycles. The van der Waals surface area contributed by atoms with E-state index in [2.05, 4.69) is 16.9 Å².